The first-order chi connectivity index (χ1) is 17.5. The number of aromatic nitrogens is 2. The first kappa shape index (κ1) is 26.2. The van der Waals surface area contributed by atoms with Crippen LogP contribution in [0.25, 0.3) is 21.7 Å². The van der Waals surface area contributed by atoms with E-state index in [0.717, 1.165) is 30.1 Å². The van der Waals surface area contributed by atoms with Gasteiger partial charge in [-0.05, 0) is 48.1 Å². The van der Waals surface area contributed by atoms with Crippen molar-refractivity contribution in [2.24, 2.45) is 5.73 Å². The van der Waals surface area contributed by atoms with Crippen LogP contribution in [0.1, 0.15) is 22.8 Å². The molecule has 0 spiro atoms. The van der Waals surface area contributed by atoms with Crippen molar-refractivity contribution in [2.75, 3.05) is 0 Å². The Bertz CT molecular complexity index is 1410. The van der Waals surface area contributed by atoms with Gasteiger partial charge < -0.3 is 15.6 Å². The van der Waals surface area contributed by atoms with Gasteiger partial charge in [0, 0.05) is 27.6 Å². The van der Waals surface area contributed by atoms with E-state index in [-0.39, 0.29) is 23.4 Å². The zero-order valence-electron chi connectivity index (χ0n) is 19.4. The molecule has 0 radical (unpaired) electrons. The molecule has 2 heterocycles. The summed E-state index contributed by atoms with van der Waals surface area (Å²) in [6.07, 6.45) is -6.03. The standard InChI is InChI=1S/C26H21F4N3O3S/c1-14-8-22(37-12-14)19-10-17(27)6-7-18(19)24(26(28,29)30)36-23-11-21(32-13-33-23)16-4-2-15(3-5-16)9-20(31)25(34)35/h2-8,10-13,20,24H,9,31H2,1H3,(H,34,35)/t20-,24?/m0/s1. The number of hydrogen-bond acceptors (Lipinski definition) is 6. The summed E-state index contributed by atoms with van der Waals surface area (Å²) in [5.41, 5.74) is 7.78. The highest BCUT2D eigenvalue weighted by Gasteiger charge is 2.44. The highest BCUT2D eigenvalue weighted by atomic mass is 32.1. The zero-order chi connectivity index (χ0) is 26.7. The zero-order valence-corrected chi connectivity index (χ0v) is 20.2. The Morgan fingerprint density at radius 3 is 2.46 bits per heavy atom. The Morgan fingerprint density at radius 2 is 1.84 bits per heavy atom. The van der Waals surface area contributed by atoms with Crippen molar-refractivity contribution >= 4 is 17.3 Å². The lowest BCUT2D eigenvalue weighted by atomic mass is 10.00. The van der Waals surface area contributed by atoms with Gasteiger partial charge in [0.15, 0.2) is 0 Å². The van der Waals surface area contributed by atoms with Crippen molar-refractivity contribution in [3.63, 3.8) is 0 Å². The van der Waals surface area contributed by atoms with E-state index >= 15 is 0 Å². The number of benzene rings is 2. The molecule has 0 aliphatic heterocycles. The van der Waals surface area contributed by atoms with Crippen molar-refractivity contribution in [3.05, 3.63) is 88.8 Å². The van der Waals surface area contributed by atoms with Crippen molar-refractivity contribution < 1.29 is 32.2 Å². The minimum atomic E-state index is -4.82. The quantitative estimate of drug-likeness (QED) is 0.273. The smallest absolute Gasteiger partial charge is 0.429 e. The van der Waals surface area contributed by atoms with Crippen molar-refractivity contribution in [1.29, 1.82) is 0 Å². The second-order valence-corrected chi connectivity index (χ2v) is 9.26. The fraction of sp³-hybridized carbons (Fsp3) is 0.192. The van der Waals surface area contributed by atoms with Crippen molar-refractivity contribution in [2.45, 2.75) is 31.7 Å². The fourth-order valence-corrected chi connectivity index (χ4v) is 4.62. The SMILES string of the molecule is Cc1csc(-c2cc(F)ccc2C(Oc2cc(-c3ccc(C[C@H](N)C(=O)O)cc3)ncn2)C(F)(F)F)c1. The van der Waals surface area contributed by atoms with Crippen molar-refractivity contribution in [1.82, 2.24) is 9.97 Å². The van der Waals surface area contributed by atoms with Crippen LogP contribution < -0.4 is 10.5 Å². The van der Waals surface area contributed by atoms with Gasteiger partial charge in [-0.1, -0.05) is 30.3 Å². The molecule has 0 saturated heterocycles. The largest absolute Gasteiger partial charge is 0.480 e. The summed E-state index contributed by atoms with van der Waals surface area (Å²) >= 11 is 1.21. The molecule has 0 amide bonds. The number of carbonyl (C=O) groups is 1. The first-order valence-corrected chi connectivity index (χ1v) is 11.9. The van der Waals surface area contributed by atoms with Crippen LogP contribution in [0.15, 0.2) is 66.3 Å². The maximum absolute atomic E-state index is 14.2. The summed E-state index contributed by atoms with van der Waals surface area (Å²) in [7, 11) is 0. The van der Waals surface area contributed by atoms with Crippen LogP contribution in [-0.4, -0.2) is 33.3 Å². The number of halogens is 4. The van der Waals surface area contributed by atoms with Crippen molar-refractivity contribution in [3.8, 4) is 27.6 Å². The number of thiophene rings is 1. The molecule has 1 unspecified atom stereocenters. The molecule has 3 N–H and O–H groups in total. The van der Waals surface area contributed by atoms with E-state index < -0.39 is 30.1 Å². The number of rotatable bonds is 8. The van der Waals surface area contributed by atoms with Crippen LogP contribution in [0.5, 0.6) is 5.88 Å². The molecule has 2 atom stereocenters. The van der Waals surface area contributed by atoms with E-state index in [0.29, 0.717) is 21.7 Å². The summed E-state index contributed by atoms with van der Waals surface area (Å²) in [6.45, 7) is 1.80. The van der Waals surface area contributed by atoms with Gasteiger partial charge in [-0.3, -0.25) is 4.79 Å². The minimum Gasteiger partial charge on any atom is -0.480 e. The van der Waals surface area contributed by atoms with Gasteiger partial charge >= 0.3 is 12.1 Å². The maximum atomic E-state index is 14.2. The molecule has 0 aliphatic carbocycles. The number of carboxylic acids is 1. The number of aliphatic carboxylic acids is 1. The number of nitrogens with two attached hydrogens (primary N) is 1. The van der Waals surface area contributed by atoms with E-state index in [9.17, 15) is 22.4 Å². The van der Waals surface area contributed by atoms with Gasteiger partial charge in [0.2, 0.25) is 12.0 Å². The average Bonchev–Trinajstić information content (AvgIpc) is 3.29. The number of aryl methyl sites for hydroxylation is 1. The van der Waals surface area contributed by atoms with Crippen LogP contribution in [-0.2, 0) is 11.2 Å². The van der Waals surface area contributed by atoms with Gasteiger partial charge in [-0.15, -0.1) is 11.3 Å². The Labute approximate surface area is 213 Å². The predicted molar refractivity (Wildman–Crippen MR) is 131 cm³/mol. The normalized spacial score (nSPS) is 13.2. The van der Waals surface area contributed by atoms with Gasteiger partial charge in [-0.2, -0.15) is 13.2 Å². The highest BCUT2D eigenvalue weighted by molar-refractivity contribution is 7.13. The molecule has 0 aliphatic rings. The molecule has 0 saturated carbocycles. The summed E-state index contributed by atoms with van der Waals surface area (Å²) in [6, 6.07) is 11.6. The molecule has 192 valence electrons. The minimum absolute atomic E-state index is 0.0878. The topological polar surface area (TPSA) is 98.3 Å². The Hall–Kier alpha value is -3.83. The first-order valence-electron chi connectivity index (χ1n) is 11.0. The second-order valence-electron chi connectivity index (χ2n) is 8.35. The molecule has 0 fully saturated rings. The molecule has 11 heteroatoms. The molecular weight excluding hydrogens is 510 g/mol. The van der Waals surface area contributed by atoms with Crippen LogP contribution >= 0.6 is 11.3 Å². The molecule has 6 nitrogen and oxygen atoms in total. The van der Waals surface area contributed by atoms with E-state index in [1.807, 2.05) is 0 Å². The lowest BCUT2D eigenvalue weighted by molar-refractivity contribution is -0.198. The summed E-state index contributed by atoms with van der Waals surface area (Å²) in [4.78, 5) is 19.4. The number of carboxylic acid groups (broad SMARTS) is 1. The summed E-state index contributed by atoms with van der Waals surface area (Å²) in [5, 5.41) is 10.7. The van der Waals surface area contributed by atoms with Crippen LogP contribution in [0.2, 0.25) is 0 Å². The lowest BCUT2D eigenvalue weighted by Gasteiger charge is -2.23. The van der Waals surface area contributed by atoms with E-state index in [2.05, 4.69) is 9.97 Å². The molecular formula is C26H21F4N3O3S. The van der Waals surface area contributed by atoms with E-state index in [4.69, 9.17) is 15.6 Å². The fourth-order valence-electron chi connectivity index (χ4n) is 3.68. The molecule has 2 aromatic heterocycles. The van der Waals surface area contributed by atoms with Crippen LogP contribution in [0.3, 0.4) is 0 Å². The molecule has 0 bridgehead atoms. The van der Waals surface area contributed by atoms with Gasteiger partial charge in [0.05, 0.1) is 5.69 Å². The molecule has 2 aromatic carbocycles. The summed E-state index contributed by atoms with van der Waals surface area (Å²) < 4.78 is 62.0. The van der Waals surface area contributed by atoms with Crippen LogP contribution in [0, 0.1) is 12.7 Å². The van der Waals surface area contributed by atoms with E-state index in [1.165, 1.54) is 17.4 Å². The number of nitrogens with zero attached hydrogens (tertiary/aromatic N) is 2. The number of alkyl halides is 3. The average molecular weight is 532 g/mol. The third kappa shape index (κ3) is 6.30. The van der Waals surface area contributed by atoms with Crippen LogP contribution in [0.4, 0.5) is 17.6 Å². The van der Waals surface area contributed by atoms with Gasteiger partial charge in [0.25, 0.3) is 0 Å². The second kappa shape index (κ2) is 10.7. The number of hydrogen-bond donors (Lipinski definition) is 2. The van der Waals surface area contributed by atoms with Gasteiger partial charge in [-0.25, -0.2) is 14.4 Å². The Morgan fingerprint density at radius 1 is 1.11 bits per heavy atom. The number of ether oxygens (including phenoxy) is 1. The Balaban J connectivity index is 1.64. The maximum Gasteiger partial charge on any atom is 0.429 e. The lowest BCUT2D eigenvalue weighted by Crippen LogP contribution is -2.32. The molecule has 4 aromatic rings. The molecule has 4 rings (SSSR count). The molecule has 37 heavy (non-hydrogen) atoms. The predicted octanol–water partition coefficient (Wildman–Crippen LogP) is 5.96. The Kier molecular flexibility index (Phi) is 7.55. The van der Waals surface area contributed by atoms with Gasteiger partial charge in [0.1, 0.15) is 18.2 Å². The third-order valence-electron chi connectivity index (χ3n) is 5.49. The highest BCUT2D eigenvalue weighted by Crippen LogP contribution is 2.42. The third-order valence-corrected chi connectivity index (χ3v) is 6.58. The monoisotopic (exact) mass is 531 g/mol. The van der Waals surface area contributed by atoms with E-state index in [1.54, 1.807) is 42.6 Å². The summed E-state index contributed by atoms with van der Waals surface area (Å²) in [5.74, 6) is -2.11.